The van der Waals surface area contributed by atoms with Crippen molar-refractivity contribution >= 4 is 41.7 Å². The van der Waals surface area contributed by atoms with Gasteiger partial charge < -0.3 is 19.0 Å². The Bertz CT molecular complexity index is 1660. The molecule has 1 saturated heterocycles. The zero-order chi connectivity index (χ0) is 32.4. The van der Waals surface area contributed by atoms with Crippen LogP contribution in [0, 0.1) is 5.41 Å². The fourth-order valence-corrected chi connectivity index (χ4v) is 8.32. The summed E-state index contributed by atoms with van der Waals surface area (Å²) < 4.78 is 2.45. The van der Waals surface area contributed by atoms with Crippen LogP contribution in [0.5, 0.6) is 0 Å². The maximum atomic E-state index is 12.4. The lowest BCUT2D eigenvalue weighted by Gasteiger charge is -2.36. The molecule has 0 aliphatic carbocycles. The molecule has 1 aliphatic rings. The molecule has 0 radical (unpaired) electrons. The average molecular weight is 625 g/mol. The highest BCUT2D eigenvalue weighted by Crippen LogP contribution is 2.43. The Morgan fingerprint density at radius 2 is 1.93 bits per heavy atom. The van der Waals surface area contributed by atoms with Gasteiger partial charge in [-0.2, -0.15) is 0 Å². The van der Waals surface area contributed by atoms with E-state index in [1.165, 1.54) is 27.7 Å². The number of hydrogen-bond acceptors (Lipinski definition) is 6. The van der Waals surface area contributed by atoms with Crippen LogP contribution in [0.15, 0.2) is 41.9 Å². The molecular formula is C37H49BN4O2S. The molecular weight excluding hydrogens is 575 g/mol. The van der Waals surface area contributed by atoms with Gasteiger partial charge in [0.05, 0.1) is 27.6 Å². The number of benzene rings is 1. The van der Waals surface area contributed by atoms with Crippen molar-refractivity contribution in [3.05, 3.63) is 58.2 Å². The van der Waals surface area contributed by atoms with Crippen molar-refractivity contribution in [1.82, 2.24) is 19.3 Å². The lowest BCUT2D eigenvalue weighted by molar-refractivity contribution is -0.115. The number of carbonyl (C=O) groups excluding carboxylic acids is 2. The highest BCUT2D eigenvalue weighted by molar-refractivity contribution is 7.10. The van der Waals surface area contributed by atoms with E-state index in [2.05, 4.69) is 93.5 Å². The van der Waals surface area contributed by atoms with Crippen LogP contribution in [-0.4, -0.2) is 50.8 Å². The number of carbonyl (C=O) groups is 2. The van der Waals surface area contributed by atoms with Crippen molar-refractivity contribution in [2.24, 2.45) is 5.41 Å². The number of nitrogens with zero attached hydrogens (tertiary/aromatic N) is 4. The number of hydrogen-bond donors (Lipinski definition) is 0. The van der Waals surface area contributed by atoms with Crippen LogP contribution >= 0.6 is 11.3 Å². The first kappa shape index (κ1) is 33.3. The second kappa shape index (κ2) is 13.7. The van der Waals surface area contributed by atoms with E-state index in [9.17, 15) is 9.59 Å². The van der Waals surface area contributed by atoms with Crippen molar-refractivity contribution < 1.29 is 9.59 Å². The summed E-state index contributed by atoms with van der Waals surface area (Å²) in [5.74, 6) is 0.338. The van der Waals surface area contributed by atoms with Gasteiger partial charge in [0.15, 0.2) is 0 Å². The third-order valence-corrected chi connectivity index (χ3v) is 10.9. The van der Waals surface area contributed by atoms with E-state index < -0.39 is 5.54 Å². The highest BCUT2D eigenvalue weighted by Gasteiger charge is 2.39. The normalized spacial score (nSPS) is 16.3. The topological polar surface area (TPSA) is 68.1 Å². The van der Waals surface area contributed by atoms with Gasteiger partial charge in [-0.3, -0.25) is 4.98 Å². The maximum Gasteiger partial charge on any atom is 0.220 e. The molecule has 2 unspecified atom stereocenters. The molecule has 4 heterocycles. The summed E-state index contributed by atoms with van der Waals surface area (Å²) in [6, 6.07) is 11.0. The first-order chi connectivity index (χ1) is 21.6. The van der Waals surface area contributed by atoms with Gasteiger partial charge in [0.2, 0.25) is 6.85 Å². The lowest BCUT2D eigenvalue weighted by Crippen LogP contribution is -2.52. The monoisotopic (exact) mass is 624 g/mol. The molecule has 8 heteroatoms. The Morgan fingerprint density at radius 1 is 1.13 bits per heavy atom. The van der Waals surface area contributed by atoms with Crippen molar-refractivity contribution in [2.75, 3.05) is 6.54 Å². The van der Waals surface area contributed by atoms with Crippen LogP contribution in [-0.2, 0) is 29.0 Å². The zero-order valence-electron chi connectivity index (χ0n) is 28.2. The molecule has 0 spiro atoms. The van der Waals surface area contributed by atoms with Gasteiger partial charge in [0, 0.05) is 53.0 Å². The second-order valence-corrected chi connectivity index (χ2v) is 15.0. The summed E-state index contributed by atoms with van der Waals surface area (Å²) in [5.41, 5.74) is 7.56. The van der Waals surface area contributed by atoms with Crippen molar-refractivity contribution in [3.63, 3.8) is 0 Å². The van der Waals surface area contributed by atoms with E-state index in [4.69, 9.17) is 9.97 Å². The molecule has 1 aromatic carbocycles. The van der Waals surface area contributed by atoms with Crippen molar-refractivity contribution in [2.45, 2.75) is 111 Å². The van der Waals surface area contributed by atoms with Crippen molar-refractivity contribution in [3.8, 4) is 22.5 Å². The molecule has 1 fully saturated rings. The van der Waals surface area contributed by atoms with Crippen LogP contribution in [0.3, 0.4) is 0 Å². The van der Waals surface area contributed by atoms with E-state index in [1.54, 1.807) is 11.3 Å². The molecule has 238 valence electrons. The van der Waals surface area contributed by atoms with E-state index in [0.717, 1.165) is 79.6 Å². The number of aryl methyl sites for hydroxylation is 1. The molecule has 0 N–H and O–H groups in total. The van der Waals surface area contributed by atoms with Gasteiger partial charge in [0.25, 0.3) is 0 Å². The van der Waals surface area contributed by atoms with E-state index in [1.807, 2.05) is 6.20 Å². The number of aldehydes is 2. The molecule has 6 nitrogen and oxygen atoms in total. The van der Waals surface area contributed by atoms with Gasteiger partial charge in [-0.1, -0.05) is 46.9 Å². The Hall–Kier alpha value is -3.10. The number of fused-ring (bicyclic) bond motifs is 1. The Kier molecular flexibility index (Phi) is 10.1. The standard InChI is InChI=1S/C37H49BN4O2S/c1-8-26(3)34-28(13-10-18-39-34)35-30(22-36(4,5)16-11-20-43)29-21-27(14-15-32(29)41(35)9-2)31-24-45-33(40-31)23-37(6,25-44)42-19-12-17-38(42)7/h10,13-15,18,20-21,24-26H,8-9,11-12,16-17,19,22-23H2,1-7H3. The number of thiazole rings is 1. The minimum Gasteiger partial charge on any atom is -0.340 e. The molecule has 2 atom stereocenters. The number of aromatic nitrogens is 3. The summed E-state index contributed by atoms with van der Waals surface area (Å²) in [4.78, 5) is 36.1. The Labute approximate surface area is 273 Å². The van der Waals surface area contributed by atoms with Gasteiger partial charge in [-0.15, -0.1) is 11.3 Å². The minimum atomic E-state index is -0.542. The molecule has 0 amide bonds. The first-order valence-electron chi connectivity index (χ1n) is 16.8. The third kappa shape index (κ3) is 6.73. The highest BCUT2D eigenvalue weighted by atomic mass is 32.1. The fraction of sp³-hybridized carbons (Fsp3) is 0.514. The van der Waals surface area contributed by atoms with Gasteiger partial charge >= 0.3 is 0 Å². The van der Waals surface area contributed by atoms with Crippen LogP contribution in [0.4, 0.5) is 0 Å². The van der Waals surface area contributed by atoms with Crippen LogP contribution in [0.2, 0.25) is 13.1 Å². The molecule has 3 aromatic heterocycles. The third-order valence-electron chi connectivity index (χ3n) is 10.1. The smallest absolute Gasteiger partial charge is 0.220 e. The molecule has 5 rings (SSSR count). The van der Waals surface area contributed by atoms with Gasteiger partial charge in [-0.05, 0) is 87.2 Å². The summed E-state index contributed by atoms with van der Waals surface area (Å²) in [7, 11) is 0. The zero-order valence-corrected chi connectivity index (χ0v) is 29.0. The largest absolute Gasteiger partial charge is 0.340 e. The van der Waals surface area contributed by atoms with Gasteiger partial charge in [-0.25, -0.2) is 4.98 Å². The second-order valence-electron chi connectivity index (χ2n) is 14.1. The summed E-state index contributed by atoms with van der Waals surface area (Å²) in [5, 5.41) is 4.37. The predicted molar refractivity (Wildman–Crippen MR) is 189 cm³/mol. The molecule has 0 saturated carbocycles. The average Bonchev–Trinajstić information content (AvgIpc) is 3.77. The van der Waals surface area contributed by atoms with Gasteiger partial charge in [0.1, 0.15) is 12.6 Å². The van der Waals surface area contributed by atoms with E-state index in [0.29, 0.717) is 25.6 Å². The predicted octanol–water partition coefficient (Wildman–Crippen LogP) is 8.74. The summed E-state index contributed by atoms with van der Waals surface area (Å²) in [6.45, 7) is 17.8. The van der Waals surface area contributed by atoms with Crippen LogP contribution < -0.4 is 0 Å². The summed E-state index contributed by atoms with van der Waals surface area (Å²) >= 11 is 1.65. The molecule has 1 aliphatic heterocycles. The number of pyridine rings is 1. The van der Waals surface area contributed by atoms with Crippen LogP contribution in [0.1, 0.15) is 89.4 Å². The molecule has 45 heavy (non-hydrogen) atoms. The molecule has 0 bridgehead atoms. The lowest BCUT2D eigenvalue weighted by atomic mass is 9.60. The van der Waals surface area contributed by atoms with Crippen LogP contribution in [0.25, 0.3) is 33.4 Å². The quantitative estimate of drug-likeness (QED) is 0.104. The Balaban J connectivity index is 1.62. The first-order valence-corrected chi connectivity index (χ1v) is 17.7. The number of rotatable bonds is 14. The fourth-order valence-electron chi connectivity index (χ4n) is 7.35. The maximum absolute atomic E-state index is 12.4. The van der Waals surface area contributed by atoms with E-state index in [-0.39, 0.29) is 5.41 Å². The van der Waals surface area contributed by atoms with Crippen molar-refractivity contribution in [1.29, 1.82) is 0 Å². The van der Waals surface area contributed by atoms with E-state index >= 15 is 0 Å². The Morgan fingerprint density at radius 3 is 2.60 bits per heavy atom. The molecule has 4 aromatic rings. The SMILES string of the molecule is CCC(C)c1ncccc1-c1c(CC(C)(C)CCC=O)c2cc(-c3csc(CC(C)(C=O)N4CCCB4C)n3)ccc2n1CC. The minimum absolute atomic E-state index is 0.0585. The summed E-state index contributed by atoms with van der Waals surface area (Å²) in [6.07, 6.45) is 10.2.